The molecule has 0 unspecified atom stereocenters. The van der Waals surface area contributed by atoms with Gasteiger partial charge in [0.1, 0.15) is 5.52 Å². The van der Waals surface area contributed by atoms with E-state index in [-0.39, 0.29) is 23.1 Å². The van der Waals surface area contributed by atoms with Crippen molar-refractivity contribution in [3.8, 4) is 0 Å². The molecule has 2 aromatic heterocycles. The van der Waals surface area contributed by atoms with Gasteiger partial charge < -0.3 is 0 Å². The zero-order valence-corrected chi connectivity index (χ0v) is 17.6. The molecule has 1 saturated heterocycles. The number of benzene rings is 1. The van der Waals surface area contributed by atoms with Gasteiger partial charge in [-0.15, -0.1) is 5.10 Å². The molecule has 0 amide bonds. The van der Waals surface area contributed by atoms with Gasteiger partial charge in [0.05, 0.1) is 35.3 Å². The first-order valence-corrected chi connectivity index (χ1v) is 11.3. The molecule has 9 nitrogen and oxygen atoms in total. The fraction of sp³-hybridized carbons (Fsp3) is 0.474. The van der Waals surface area contributed by atoms with Crippen LogP contribution >= 0.6 is 0 Å². The van der Waals surface area contributed by atoms with Gasteiger partial charge in [0, 0.05) is 17.8 Å². The van der Waals surface area contributed by atoms with Gasteiger partial charge in [-0.05, 0) is 39.4 Å². The van der Waals surface area contributed by atoms with Gasteiger partial charge in [-0.25, -0.2) is 8.42 Å². The molecule has 10 heteroatoms. The maximum atomic E-state index is 12.6. The Morgan fingerprint density at radius 3 is 2.72 bits per heavy atom. The van der Waals surface area contributed by atoms with E-state index in [1.165, 1.54) is 4.68 Å². The molecule has 0 spiro atoms. The number of aryl methyl sites for hydroxylation is 1. The average molecular weight is 417 g/mol. The van der Waals surface area contributed by atoms with E-state index in [9.17, 15) is 13.2 Å². The van der Waals surface area contributed by atoms with Crippen LogP contribution in [0.5, 0.6) is 0 Å². The molecule has 1 fully saturated rings. The van der Waals surface area contributed by atoms with E-state index in [1.54, 1.807) is 12.1 Å². The third kappa shape index (κ3) is 3.82. The van der Waals surface area contributed by atoms with Crippen molar-refractivity contribution in [1.29, 1.82) is 0 Å². The highest BCUT2D eigenvalue weighted by molar-refractivity contribution is 7.91. The Labute approximate surface area is 168 Å². The van der Waals surface area contributed by atoms with E-state index in [0.717, 1.165) is 17.0 Å². The minimum atomic E-state index is -2.97. The first-order valence-electron chi connectivity index (χ1n) is 9.51. The number of hydrogen-bond donors (Lipinski definition) is 0. The Morgan fingerprint density at radius 2 is 2.00 bits per heavy atom. The smallest absolute Gasteiger partial charge is 0.278 e. The quantitative estimate of drug-likeness (QED) is 0.612. The van der Waals surface area contributed by atoms with Crippen LogP contribution in [0.25, 0.3) is 10.9 Å². The molecule has 1 atom stereocenters. The molecule has 3 heterocycles. The summed E-state index contributed by atoms with van der Waals surface area (Å²) < 4.78 is 26.9. The number of rotatable bonds is 5. The van der Waals surface area contributed by atoms with Gasteiger partial charge in [-0.2, -0.15) is 9.78 Å². The lowest BCUT2D eigenvalue weighted by atomic mass is 10.2. The maximum Gasteiger partial charge on any atom is 0.278 e. The molecule has 4 rings (SSSR count). The summed E-state index contributed by atoms with van der Waals surface area (Å²) in [4.78, 5) is 14.6. The highest BCUT2D eigenvalue weighted by atomic mass is 32.2. The van der Waals surface area contributed by atoms with Crippen molar-refractivity contribution >= 4 is 20.7 Å². The Bertz CT molecular complexity index is 1230. The molecule has 1 aliphatic heterocycles. The molecule has 29 heavy (non-hydrogen) atoms. The third-order valence-corrected chi connectivity index (χ3v) is 7.21. The van der Waals surface area contributed by atoms with Crippen LogP contribution < -0.4 is 5.56 Å². The van der Waals surface area contributed by atoms with Crippen LogP contribution in [-0.2, 0) is 23.1 Å². The highest BCUT2D eigenvalue weighted by Gasteiger charge is 2.31. The van der Waals surface area contributed by atoms with Gasteiger partial charge in [-0.3, -0.25) is 14.4 Å². The SMILES string of the molecule is Cc1nn([C@@H]2CCS(=O)(=O)C2)c(C)c1CN(C)Cn1nnc2ccccc2c1=O. The van der Waals surface area contributed by atoms with Crippen molar-refractivity contribution in [3.63, 3.8) is 0 Å². The molecule has 154 valence electrons. The molecule has 0 radical (unpaired) electrons. The maximum absolute atomic E-state index is 12.6. The summed E-state index contributed by atoms with van der Waals surface area (Å²) in [5.74, 6) is 0.362. The summed E-state index contributed by atoms with van der Waals surface area (Å²) in [6.45, 7) is 4.75. The lowest BCUT2D eigenvalue weighted by molar-refractivity contribution is 0.235. The number of fused-ring (bicyclic) bond motifs is 1. The second-order valence-corrected chi connectivity index (χ2v) is 9.95. The lowest BCUT2D eigenvalue weighted by Gasteiger charge is -2.18. The molecular formula is C19H24N6O3S. The number of sulfone groups is 1. The predicted octanol–water partition coefficient (Wildman–Crippen LogP) is 1.05. The van der Waals surface area contributed by atoms with Gasteiger partial charge in [0.25, 0.3) is 5.56 Å². The summed E-state index contributed by atoms with van der Waals surface area (Å²) >= 11 is 0. The second kappa shape index (κ2) is 7.34. The molecule has 0 N–H and O–H groups in total. The van der Waals surface area contributed by atoms with Crippen LogP contribution in [-0.4, -0.2) is 56.6 Å². The summed E-state index contributed by atoms with van der Waals surface area (Å²) in [6.07, 6.45) is 0.599. The molecule has 3 aromatic rings. The van der Waals surface area contributed by atoms with Crippen LogP contribution in [0.3, 0.4) is 0 Å². The summed E-state index contributed by atoms with van der Waals surface area (Å²) in [7, 11) is -1.07. The fourth-order valence-electron chi connectivity index (χ4n) is 3.91. The van der Waals surface area contributed by atoms with Crippen LogP contribution in [0, 0.1) is 13.8 Å². The van der Waals surface area contributed by atoms with E-state index < -0.39 is 9.84 Å². The third-order valence-electron chi connectivity index (χ3n) is 5.46. The van der Waals surface area contributed by atoms with Crippen LogP contribution in [0.4, 0.5) is 0 Å². The Hall–Kier alpha value is -2.59. The van der Waals surface area contributed by atoms with Crippen molar-refractivity contribution in [2.45, 2.75) is 39.5 Å². The molecule has 0 saturated carbocycles. The van der Waals surface area contributed by atoms with Crippen LogP contribution in [0.2, 0.25) is 0 Å². The monoisotopic (exact) mass is 416 g/mol. The van der Waals surface area contributed by atoms with Crippen molar-refractivity contribution in [2.75, 3.05) is 18.6 Å². The lowest BCUT2D eigenvalue weighted by Crippen LogP contribution is -2.32. The molecular weight excluding hydrogens is 392 g/mol. The van der Waals surface area contributed by atoms with Crippen molar-refractivity contribution in [3.05, 3.63) is 51.6 Å². The van der Waals surface area contributed by atoms with Crippen LogP contribution in [0.1, 0.15) is 29.4 Å². The van der Waals surface area contributed by atoms with E-state index in [1.807, 2.05) is 42.6 Å². The minimum Gasteiger partial charge on any atom is -0.283 e. The Balaban J connectivity index is 1.54. The second-order valence-electron chi connectivity index (χ2n) is 7.72. The summed E-state index contributed by atoms with van der Waals surface area (Å²) in [5.41, 5.74) is 3.28. The zero-order valence-electron chi connectivity index (χ0n) is 16.7. The number of aromatic nitrogens is 5. The van der Waals surface area contributed by atoms with Gasteiger partial charge in [-0.1, -0.05) is 17.3 Å². The largest absolute Gasteiger partial charge is 0.283 e. The van der Waals surface area contributed by atoms with Crippen molar-refractivity contribution in [2.24, 2.45) is 0 Å². The van der Waals surface area contributed by atoms with Gasteiger partial charge in [0.2, 0.25) is 0 Å². The molecule has 0 bridgehead atoms. The summed E-state index contributed by atoms with van der Waals surface area (Å²) in [5, 5.41) is 13.3. The Morgan fingerprint density at radius 1 is 1.24 bits per heavy atom. The number of hydrogen-bond acceptors (Lipinski definition) is 7. The summed E-state index contributed by atoms with van der Waals surface area (Å²) in [6, 6.07) is 7.04. The van der Waals surface area contributed by atoms with Gasteiger partial charge >= 0.3 is 0 Å². The first kappa shape index (κ1) is 19.7. The molecule has 0 aliphatic carbocycles. The van der Waals surface area contributed by atoms with Crippen molar-refractivity contribution in [1.82, 2.24) is 29.7 Å². The molecule has 1 aromatic carbocycles. The molecule has 1 aliphatic rings. The topological polar surface area (TPSA) is 103 Å². The Kier molecular flexibility index (Phi) is 4.99. The average Bonchev–Trinajstić information content (AvgIpc) is 3.17. The van der Waals surface area contributed by atoms with E-state index >= 15 is 0 Å². The van der Waals surface area contributed by atoms with E-state index in [0.29, 0.717) is 30.5 Å². The van der Waals surface area contributed by atoms with E-state index in [2.05, 4.69) is 15.4 Å². The normalized spacial score (nSPS) is 18.7. The van der Waals surface area contributed by atoms with Crippen LogP contribution in [0.15, 0.2) is 29.1 Å². The zero-order chi connectivity index (χ0) is 20.8. The number of nitrogens with zero attached hydrogens (tertiary/aromatic N) is 6. The predicted molar refractivity (Wildman–Crippen MR) is 109 cm³/mol. The highest BCUT2D eigenvalue weighted by Crippen LogP contribution is 2.27. The minimum absolute atomic E-state index is 0.105. The van der Waals surface area contributed by atoms with Crippen molar-refractivity contribution < 1.29 is 8.42 Å². The van der Waals surface area contributed by atoms with E-state index in [4.69, 9.17) is 0 Å². The standard InChI is InChI=1S/C19H24N6O3S/c1-13-17(14(2)25(21-13)15-8-9-29(27,28)11-15)10-23(3)12-24-19(26)16-6-4-5-7-18(16)20-22-24/h4-7,15H,8-12H2,1-3H3/t15-/m1/s1. The fourth-order valence-corrected chi connectivity index (χ4v) is 5.61. The van der Waals surface area contributed by atoms with Gasteiger partial charge in [0.15, 0.2) is 9.84 Å². The first-order chi connectivity index (χ1) is 13.7.